The molecule has 0 bridgehead atoms. The largest absolute Gasteiger partial charge is 0.573 e. The number of ether oxygens (including phenoxy) is 2. The first-order valence-corrected chi connectivity index (χ1v) is 10.0. The van der Waals surface area contributed by atoms with Gasteiger partial charge in [-0.15, -0.1) is 24.5 Å². The van der Waals surface area contributed by atoms with Crippen molar-refractivity contribution in [2.75, 3.05) is 6.54 Å². The minimum absolute atomic E-state index is 0.191. The Morgan fingerprint density at radius 2 is 1.90 bits per heavy atom. The highest BCUT2D eigenvalue weighted by molar-refractivity contribution is 7.07. The van der Waals surface area contributed by atoms with E-state index in [-0.39, 0.29) is 12.4 Å². The van der Waals surface area contributed by atoms with Crippen molar-refractivity contribution in [1.82, 2.24) is 9.88 Å². The number of amides is 1. The second kappa shape index (κ2) is 9.98. The van der Waals surface area contributed by atoms with E-state index in [0.29, 0.717) is 35.7 Å². The number of halogens is 3. The zero-order valence-corrected chi connectivity index (χ0v) is 17.6. The Labute approximate surface area is 175 Å². The summed E-state index contributed by atoms with van der Waals surface area (Å²) in [6.45, 7) is 5.98. The molecule has 1 aromatic heterocycles. The van der Waals surface area contributed by atoms with Crippen molar-refractivity contribution in [3.05, 3.63) is 40.1 Å². The molecule has 1 aromatic carbocycles. The highest BCUT2D eigenvalue weighted by Crippen LogP contribution is 2.24. The quantitative estimate of drug-likeness (QED) is 0.626. The van der Waals surface area contributed by atoms with Gasteiger partial charge in [-0.25, -0.2) is 9.79 Å². The van der Waals surface area contributed by atoms with Gasteiger partial charge in [0.15, 0.2) is 4.80 Å². The lowest BCUT2D eigenvalue weighted by molar-refractivity contribution is -0.274. The Morgan fingerprint density at radius 3 is 2.47 bits per heavy atom. The number of aliphatic hydroxyl groups excluding tert-OH is 1. The first-order chi connectivity index (χ1) is 14.0. The van der Waals surface area contributed by atoms with Gasteiger partial charge < -0.3 is 24.5 Å². The van der Waals surface area contributed by atoms with E-state index >= 15 is 0 Å². The molecule has 2 aromatic rings. The van der Waals surface area contributed by atoms with Gasteiger partial charge in [0.2, 0.25) is 0 Å². The van der Waals surface area contributed by atoms with E-state index in [4.69, 9.17) is 4.74 Å². The van der Waals surface area contributed by atoms with E-state index in [1.807, 2.05) is 0 Å². The molecule has 11 heteroatoms. The van der Waals surface area contributed by atoms with Crippen LogP contribution in [0.1, 0.15) is 32.9 Å². The van der Waals surface area contributed by atoms with Crippen LogP contribution in [-0.4, -0.2) is 34.3 Å². The second-order valence-electron chi connectivity index (χ2n) is 7.26. The molecule has 0 atom stereocenters. The van der Waals surface area contributed by atoms with E-state index in [1.54, 1.807) is 30.7 Å². The minimum Gasteiger partial charge on any atom is -0.444 e. The van der Waals surface area contributed by atoms with Crippen molar-refractivity contribution in [2.45, 2.75) is 52.3 Å². The van der Waals surface area contributed by atoms with Crippen LogP contribution in [0.15, 0.2) is 34.6 Å². The smallest absolute Gasteiger partial charge is 0.444 e. The van der Waals surface area contributed by atoms with Gasteiger partial charge in [-0.1, -0.05) is 0 Å². The Bertz CT molecular complexity index is 899. The van der Waals surface area contributed by atoms with Crippen LogP contribution < -0.4 is 14.9 Å². The van der Waals surface area contributed by atoms with Crippen molar-refractivity contribution in [2.24, 2.45) is 4.99 Å². The van der Waals surface area contributed by atoms with Gasteiger partial charge in [0.25, 0.3) is 0 Å². The van der Waals surface area contributed by atoms with E-state index in [2.05, 4.69) is 15.0 Å². The number of alkyl halides is 3. The van der Waals surface area contributed by atoms with Crippen LogP contribution in [0.4, 0.5) is 23.7 Å². The molecule has 0 aliphatic heterocycles. The number of thiazole rings is 1. The number of carbonyl (C=O) groups is 1. The molecule has 0 spiro atoms. The third kappa shape index (κ3) is 8.07. The predicted octanol–water partition coefficient (Wildman–Crippen LogP) is 4.09. The molecule has 1 amide bonds. The van der Waals surface area contributed by atoms with Crippen molar-refractivity contribution in [1.29, 1.82) is 0 Å². The third-order valence-electron chi connectivity index (χ3n) is 3.56. The molecule has 0 saturated carbocycles. The number of aliphatic hydroxyl groups is 1. The molecule has 0 saturated heterocycles. The summed E-state index contributed by atoms with van der Waals surface area (Å²) in [7, 11) is 0. The molecule has 0 aliphatic carbocycles. The molecule has 166 valence electrons. The van der Waals surface area contributed by atoms with E-state index in [1.165, 1.54) is 35.6 Å². The number of aromatic nitrogens is 1. The van der Waals surface area contributed by atoms with Gasteiger partial charge >= 0.3 is 12.5 Å². The third-order valence-corrected chi connectivity index (χ3v) is 4.47. The molecule has 0 aliphatic rings. The number of nitrogens with zero attached hydrogens (tertiary/aromatic N) is 2. The lowest BCUT2D eigenvalue weighted by Crippen LogP contribution is -2.33. The van der Waals surface area contributed by atoms with Crippen LogP contribution in [0.2, 0.25) is 0 Å². The fourth-order valence-corrected chi connectivity index (χ4v) is 3.33. The minimum atomic E-state index is -4.75. The first kappa shape index (κ1) is 23.7. The highest BCUT2D eigenvalue weighted by Gasteiger charge is 2.30. The Morgan fingerprint density at radius 1 is 1.23 bits per heavy atom. The number of alkyl carbamates (subject to hydrolysis) is 1. The SMILES string of the molecule is CC(C)(C)OC(=O)NCCCn1c(CO)csc1=Nc1ccc(OC(F)(F)F)cc1. The van der Waals surface area contributed by atoms with Crippen molar-refractivity contribution >= 4 is 23.1 Å². The summed E-state index contributed by atoms with van der Waals surface area (Å²) in [6.07, 6.45) is -4.70. The molecular weight excluding hydrogens is 423 g/mol. The van der Waals surface area contributed by atoms with Crippen LogP contribution in [0.25, 0.3) is 0 Å². The van der Waals surface area contributed by atoms with Gasteiger partial charge in [-0.05, 0) is 51.5 Å². The van der Waals surface area contributed by atoms with Crippen molar-refractivity contribution < 1.29 is 32.5 Å². The summed E-state index contributed by atoms with van der Waals surface area (Å²) in [5, 5.41) is 14.0. The molecule has 30 heavy (non-hydrogen) atoms. The fraction of sp³-hybridized carbons (Fsp3) is 0.474. The van der Waals surface area contributed by atoms with Gasteiger partial charge in [0.1, 0.15) is 11.4 Å². The molecule has 0 radical (unpaired) electrons. The second-order valence-corrected chi connectivity index (χ2v) is 8.09. The maximum atomic E-state index is 12.3. The van der Waals surface area contributed by atoms with Crippen LogP contribution in [0.3, 0.4) is 0 Å². The molecule has 2 N–H and O–H groups in total. The topological polar surface area (TPSA) is 85.1 Å². The summed E-state index contributed by atoms with van der Waals surface area (Å²) in [5.74, 6) is -0.329. The number of benzene rings is 1. The van der Waals surface area contributed by atoms with Crippen LogP contribution in [0, 0.1) is 0 Å². The summed E-state index contributed by atoms with van der Waals surface area (Å²) in [6, 6.07) is 5.19. The van der Waals surface area contributed by atoms with Crippen molar-refractivity contribution in [3.63, 3.8) is 0 Å². The summed E-state index contributed by atoms with van der Waals surface area (Å²) >= 11 is 1.30. The average Bonchev–Trinajstić information content (AvgIpc) is 2.99. The molecule has 7 nitrogen and oxygen atoms in total. The number of nitrogens with one attached hydrogen (secondary N) is 1. The highest BCUT2D eigenvalue weighted by atomic mass is 32.1. The number of hydrogen-bond donors (Lipinski definition) is 2. The molecule has 2 rings (SSSR count). The van der Waals surface area contributed by atoms with Gasteiger partial charge in [0, 0.05) is 18.5 Å². The Balaban J connectivity index is 2.04. The lowest BCUT2D eigenvalue weighted by Gasteiger charge is -2.19. The number of rotatable bonds is 7. The van der Waals surface area contributed by atoms with Crippen LogP contribution in [-0.2, 0) is 17.9 Å². The van der Waals surface area contributed by atoms with E-state index in [0.717, 1.165) is 0 Å². The summed E-state index contributed by atoms with van der Waals surface area (Å²) in [5.41, 5.74) is 0.507. The Hall–Kier alpha value is -2.53. The maximum Gasteiger partial charge on any atom is 0.573 e. The zero-order chi connectivity index (χ0) is 22.4. The van der Waals surface area contributed by atoms with Crippen LogP contribution >= 0.6 is 11.3 Å². The molecule has 0 unspecified atom stereocenters. The molecule has 1 heterocycles. The lowest BCUT2D eigenvalue weighted by atomic mass is 10.2. The van der Waals surface area contributed by atoms with E-state index < -0.39 is 18.1 Å². The maximum absolute atomic E-state index is 12.3. The van der Waals surface area contributed by atoms with Gasteiger partial charge in [0.05, 0.1) is 18.0 Å². The predicted molar refractivity (Wildman–Crippen MR) is 105 cm³/mol. The first-order valence-electron chi connectivity index (χ1n) is 9.12. The van der Waals surface area contributed by atoms with Gasteiger partial charge in [-0.2, -0.15) is 0 Å². The standard InChI is InChI=1S/C19H24F3N3O4S/c1-18(2,3)29-17(27)23-9-4-10-25-14(11-26)12-30-16(25)24-13-5-7-15(8-6-13)28-19(20,21)22/h5-8,12,26H,4,9-11H2,1-3H3,(H,23,27). The molecular formula is C19H24F3N3O4S. The summed E-state index contributed by atoms with van der Waals surface area (Å²) in [4.78, 5) is 16.7. The monoisotopic (exact) mass is 447 g/mol. The van der Waals surface area contributed by atoms with Crippen LogP contribution in [0.5, 0.6) is 5.75 Å². The normalized spacial score (nSPS) is 12.7. The zero-order valence-electron chi connectivity index (χ0n) is 16.8. The number of carbonyl (C=O) groups excluding carboxylic acids is 1. The molecule has 0 fully saturated rings. The fourth-order valence-electron chi connectivity index (χ4n) is 2.39. The number of hydrogen-bond acceptors (Lipinski definition) is 6. The van der Waals surface area contributed by atoms with Gasteiger partial charge in [-0.3, -0.25) is 0 Å². The van der Waals surface area contributed by atoms with E-state index in [9.17, 15) is 23.1 Å². The average molecular weight is 447 g/mol. The van der Waals surface area contributed by atoms with Crippen molar-refractivity contribution in [3.8, 4) is 5.75 Å². The summed E-state index contributed by atoms with van der Waals surface area (Å²) < 4.78 is 47.6. The Kier molecular flexibility index (Phi) is 7.90.